The molecule has 0 unspecified atom stereocenters. The lowest BCUT2D eigenvalue weighted by atomic mass is 10.1. The summed E-state index contributed by atoms with van der Waals surface area (Å²) in [6.45, 7) is 2.01. The topological polar surface area (TPSA) is 90.7 Å². The molecule has 3 N–H and O–H groups in total. The minimum Gasteiger partial charge on any atom is -0.486 e. The summed E-state index contributed by atoms with van der Waals surface area (Å²) in [4.78, 5) is 0. The van der Waals surface area contributed by atoms with Crippen molar-refractivity contribution in [2.24, 2.45) is 5.73 Å². The van der Waals surface area contributed by atoms with Crippen LogP contribution in [0, 0.1) is 0 Å². The van der Waals surface area contributed by atoms with E-state index in [4.69, 9.17) is 15.2 Å². The number of fused-ring (bicyclic) bond motifs is 1. The van der Waals surface area contributed by atoms with E-state index in [1.54, 1.807) is 0 Å². The van der Waals surface area contributed by atoms with Gasteiger partial charge in [0.25, 0.3) is 0 Å². The van der Waals surface area contributed by atoms with Gasteiger partial charge in [0.05, 0.1) is 5.75 Å². The van der Waals surface area contributed by atoms with E-state index < -0.39 is 10.0 Å². The minimum absolute atomic E-state index is 0.130. The molecular formula is C14H22N2O4S. The molecule has 0 aliphatic carbocycles. The minimum atomic E-state index is -3.20. The van der Waals surface area contributed by atoms with Gasteiger partial charge in [0.2, 0.25) is 10.0 Å². The van der Waals surface area contributed by atoms with Crippen LogP contribution < -0.4 is 19.9 Å². The highest BCUT2D eigenvalue weighted by atomic mass is 32.2. The first-order valence-corrected chi connectivity index (χ1v) is 8.82. The van der Waals surface area contributed by atoms with Crippen LogP contribution in [-0.4, -0.2) is 40.5 Å². The van der Waals surface area contributed by atoms with Crippen LogP contribution in [0.3, 0.4) is 0 Å². The van der Waals surface area contributed by atoms with Crippen LogP contribution in [0.15, 0.2) is 18.2 Å². The quantitative estimate of drug-likeness (QED) is 0.688. The molecule has 2 rings (SSSR count). The van der Waals surface area contributed by atoms with Crippen molar-refractivity contribution in [2.75, 3.05) is 32.1 Å². The van der Waals surface area contributed by atoms with Crippen molar-refractivity contribution < 1.29 is 17.9 Å². The third-order valence-electron chi connectivity index (χ3n) is 3.21. The van der Waals surface area contributed by atoms with E-state index in [-0.39, 0.29) is 5.75 Å². The highest BCUT2D eigenvalue weighted by molar-refractivity contribution is 7.89. The molecule has 0 radical (unpaired) electrons. The summed E-state index contributed by atoms with van der Waals surface area (Å²) in [5.41, 5.74) is 6.37. The second kappa shape index (κ2) is 7.63. The maximum Gasteiger partial charge on any atom is 0.211 e. The first kappa shape index (κ1) is 16.1. The summed E-state index contributed by atoms with van der Waals surface area (Å²) < 4.78 is 37.0. The molecule has 0 atom stereocenters. The highest BCUT2D eigenvalue weighted by Crippen LogP contribution is 2.30. The number of hydrogen-bond donors (Lipinski definition) is 2. The van der Waals surface area contributed by atoms with Crippen LogP contribution in [0.2, 0.25) is 0 Å². The van der Waals surface area contributed by atoms with Gasteiger partial charge >= 0.3 is 0 Å². The Morgan fingerprint density at radius 1 is 1.14 bits per heavy atom. The molecule has 0 aromatic heterocycles. The average molecular weight is 314 g/mol. The first-order chi connectivity index (χ1) is 10.1. The zero-order chi connectivity index (χ0) is 15.1. The molecule has 0 amide bonds. The fourth-order valence-electron chi connectivity index (χ4n) is 2.10. The lowest BCUT2D eigenvalue weighted by molar-refractivity contribution is 0.171. The Bertz CT molecular complexity index is 560. The number of unbranched alkanes of at least 4 members (excludes halogenated alkanes) is 1. The molecule has 1 aliphatic heterocycles. The zero-order valence-electron chi connectivity index (χ0n) is 12.0. The van der Waals surface area contributed by atoms with Crippen molar-refractivity contribution in [3.05, 3.63) is 23.8 Å². The van der Waals surface area contributed by atoms with Gasteiger partial charge in [0.15, 0.2) is 11.5 Å². The van der Waals surface area contributed by atoms with E-state index in [9.17, 15) is 8.42 Å². The smallest absolute Gasteiger partial charge is 0.211 e. The van der Waals surface area contributed by atoms with Gasteiger partial charge in [-0.1, -0.05) is 6.07 Å². The molecule has 1 aliphatic rings. The van der Waals surface area contributed by atoms with Crippen molar-refractivity contribution in [2.45, 2.75) is 19.3 Å². The van der Waals surface area contributed by atoms with Crippen LogP contribution >= 0.6 is 0 Å². The Kier molecular flexibility index (Phi) is 5.84. The summed E-state index contributed by atoms with van der Waals surface area (Å²) in [5.74, 6) is 1.60. The third kappa shape index (κ3) is 5.18. The van der Waals surface area contributed by atoms with E-state index in [1.807, 2.05) is 18.2 Å². The average Bonchev–Trinajstić information content (AvgIpc) is 2.47. The van der Waals surface area contributed by atoms with Crippen LogP contribution in [-0.2, 0) is 16.4 Å². The number of ether oxygens (including phenoxy) is 2. The predicted octanol–water partition coefficient (Wildman–Crippen LogP) is 0.659. The molecule has 6 nitrogen and oxygen atoms in total. The van der Waals surface area contributed by atoms with E-state index in [0.717, 1.165) is 23.5 Å². The SMILES string of the molecule is NCCCCS(=O)(=O)NCCc1ccc2c(c1)OCCO2. The van der Waals surface area contributed by atoms with E-state index in [2.05, 4.69) is 4.72 Å². The summed E-state index contributed by atoms with van der Waals surface area (Å²) in [6.07, 6.45) is 1.94. The van der Waals surface area contributed by atoms with Crippen LogP contribution in [0.5, 0.6) is 11.5 Å². The number of sulfonamides is 1. The highest BCUT2D eigenvalue weighted by Gasteiger charge is 2.12. The Morgan fingerprint density at radius 2 is 1.90 bits per heavy atom. The van der Waals surface area contributed by atoms with Gasteiger partial charge in [-0.25, -0.2) is 13.1 Å². The third-order valence-corrected chi connectivity index (χ3v) is 4.68. The van der Waals surface area contributed by atoms with Gasteiger partial charge in [-0.3, -0.25) is 0 Å². The normalized spacial score (nSPS) is 14.1. The van der Waals surface area contributed by atoms with Crippen molar-refractivity contribution in [3.63, 3.8) is 0 Å². The zero-order valence-corrected chi connectivity index (χ0v) is 12.8. The van der Waals surface area contributed by atoms with E-state index in [0.29, 0.717) is 39.1 Å². The summed E-state index contributed by atoms with van der Waals surface area (Å²) >= 11 is 0. The molecule has 1 aromatic rings. The Balaban J connectivity index is 1.80. The molecular weight excluding hydrogens is 292 g/mol. The largest absolute Gasteiger partial charge is 0.486 e. The number of nitrogens with two attached hydrogens (primary N) is 1. The van der Waals surface area contributed by atoms with Gasteiger partial charge in [-0.15, -0.1) is 0 Å². The van der Waals surface area contributed by atoms with Crippen LogP contribution in [0.1, 0.15) is 18.4 Å². The maximum atomic E-state index is 11.7. The molecule has 1 aromatic carbocycles. The number of hydrogen-bond acceptors (Lipinski definition) is 5. The number of benzene rings is 1. The van der Waals surface area contributed by atoms with Gasteiger partial charge in [-0.05, 0) is 43.5 Å². The van der Waals surface area contributed by atoms with Crippen molar-refractivity contribution in [3.8, 4) is 11.5 Å². The molecule has 0 fully saturated rings. The number of rotatable bonds is 8. The Hall–Kier alpha value is -1.31. The summed E-state index contributed by atoms with van der Waals surface area (Å²) in [7, 11) is -3.20. The maximum absolute atomic E-state index is 11.7. The Labute approximate surface area is 125 Å². The number of nitrogens with one attached hydrogen (secondary N) is 1. The lowest BCUT2D eigenvalue weighted by Gasteiger charge is -2.18. The fourth-order valence-corrected chi connectivity index (χ4v) is 3.24. The lowest BCUT2D eigenvalue weighted by Crippen LogP contribution is -2.28. The molecule has 7 heteroatoms. The van der Waals surface area contributed by atoms with Gasteiger partial charge < -0.3 is 15.2 Å². The Morgan fingerprint density at radius 3 is 2.67 bits per heavy atom. The monoisotopic (exact) mass is 314 g/mol. The van der Waals surface area contributed by atoms with Crippen molar-refractivity contribution in [1.82, 2.24) is 4.72 Å². The first-order valence-electron chi connectivity index (χ1n) is 7.17. The van der Waals surface area contributed by atoms with Gasteiger partial charge in [-0.2, -0.15) is 0 Å². The molecule has 0 saturated heterocycles. The van der Waals surface area contributed by atoms with Crippen LogP contribution in [0.25, 0.3) is 0 Å². The summed E-state index contributed by atoms with van der Waals surface area (Å²) in [5, 5.41) is 0. The molecule has 21 heavy (non-hydrogen) atoms. The summed E-state index contributed by atoms with van der Waals surface area (Å²) in [6, 6.07) is 5.69. The molecule has 0 spiro atoms. The van der Waals surface area contributed by atoms with E-state index >= 15 is 0 Å². The van der Waals surface area contributed by atoms with Crippen LogP contribution in [0.4, 0.5) is 0 Å². The standard InChI is InChI=1S/C14H22N2O4S/c15-6-1-2-10-21(17,18)16-7-5-12-3-4-13-14(11-12)20-9-8-19-13/h3-4,11,16H,1-2,5-10,15H2. The van der Waals surface area contributed by atoms with E-state index in [1.165, 1.54) is 0 Å². The predicted molar refractivity (Wildman–Crippen MR) is 81.2 cm³/mol. The molecule has 118 valence electrons. The van der Waals surface area contributed by atoms with Crippen molar-refractivity contribution in [1.29, 1.82) is 0 Å². The molecule has 0 saturated carbocycles. The molecule has 1 heterocycles. The van der Waals surface area contributed by atoms with Gasteiger partial charge in [0.1, 0.15) is 13.2 Å². The second-order valence-electron chi connectivity index (χ2n) is 4.94. The fraction of sp³-hybridized carbons (Fsp3) is 0.571. The molecule has 0 bridgehead atoms. The second-order valence-corrected chi connectivity index (χ2v) is 6.86. The van der Waals surface area contributed by atoms with Crippen molar-refractivity contribution >= 4 is 10.0 Å². The van der Waals surface area contributed by atoms with Gasteiger partial charge in [0, 0.05) is 6.54 Å².